The second-order valence-corrected chi connectivity index (χ2v) is 5.69. The molecule has 0 spiro atoms. The molecule has 0 aliphatic heterocycles. The lowest BCUT2D eigenvalue weighted by molar-refractivity contribution is -0.120. The van der Waals surface area contributed by atoms with Crippen molar-refractivity contribution in [2.75, 3.05) is 19.1 Å². The summed E-state index contributed by atoms with van der Waals surface area (Å²) in [4.78, 5) is 26.0. The first-order valence-electron chi connectivity index (χ1n) is 7.10. The molecule has 2 saturated carbocycles. The number of rotatable bonds is 3. The zero-order valence-electron chi connectivity index (χ0n) is 11.8. The number of hydrogen-bond acceptors (Lipinski definition) is 3. The van der Waals surface area contributed by atoms with Crippen LogP contribution in [-0.2, 0) is 9.53 Å². The normalized spacial score (nSPS) is 26.8. The van der Waals surface area contributed by atoms with E-state index >= 15 is 0 Å². The number of hydrogen-bond donors (Lipinski definition) is 0. The van der Waals surface area contributed by atoms with Gasteiger partial charge in [-0.2, -0.15) is 0 Å². The third kappa shape index (κ3) is 1.99. The number of methoxy groups -OCH3 is 1. The number of amides is 1. The highest BCUT2D eigenvalue weighted by Crippen LogP contribution is 2.58. The van der Waals surface area contributed by atoms with Crippen molar-refractivity contribution in [2.45, 2.75) is 19.3 Å². The van der Waals surface area contributed by atoms with Gasteiger partial charge >= 0.3 is 5.97 Å². The van der Waals surface area contributed by atoms with Crippen molar-refractivity contribution in [3.63, 3.8) is 0 Å². The van der Waals surface area contributed by atoms with Crippen molar-refractivity contribution in [1.82, 2.24) is 0 Å². The first kappa shape index (κ1) is 13.2. The van der Waals surface area contributed by atoms with Gasteiger partial charge in [-0.15, -0.1) is 0 Å². The lowest BCUT2D eigenvalue weighted by Crippen LogP contribution is -2.30. The summed E-state index contributed by atoms with van der Waals surface area (Å²) in [5.41, 5.74) is 1.07. The summed E-state index contributed by atoms with van der Waals surface area (Å²) in [5, 5.41) is 0. The van der Waals surface area contributed by atoms with Gasteiger partial charge in [0.25, 0.3) is 0 Å². The summed E-state index contributed by atoms with van der Waals surface area (Å²) >= 11 is 0. The maximum absolute atomic E-state index is 12.6. The zero-order valence-corrected chi connectivity index (χ0v) is 11.8. The number of anilines is 1. The minimum Gasteiger partial charge on any atom is -0.465 e. The number of carbonyl (C=O) groups is 2. The molecular weight excluding hydrogens is 254 g/mol. The van der Waals surface area contributed by atoms with E-state index in [2.05, 4.69) is 0 Å². The molecule has 0 saturated heterocycles. The van der Waals surface area contributed by atoms with Crippen LogP contribution in [0.5, 0.6) is 0 Å². The van der Waals surface area contributed by atoms with Crippen molar-refractivity contribution in [1.29, 1.82) is 0 Å². The van der Waals surface area contributed by atoms with E-state index in [1.54, 1.807) is 30.1 Å². The summed E-state index contributed by atoms with van der Waals surface area (Å²) < 4.78 is 4.78. The second kappa shape index (κ2) is 4.93. The van der Waals surface area contributed by atoms with Crippen LogP contribution in [0.25, 0.3) is 0 Å². The summed E-state index contributed by atoms with van der Waals surface area (Å²) in [5.74, 6) is 1.05. The molecule has 0 radical (unpaired) electrons. The summed E-state index contributed by atoms with van der Waals surface area (Å²) in [6.07, 6.45) is 3.60. The second-order valence-electron chi connectivity index (χ2n) is 5.69. The Hall–Kier alpha value is -1.84. The standard InChI is InChI=1S/C16H19NO3/c1-17(15(18)14-10-7-5-8-11(10)14)13-9-4-3-6-12(13)16(19)20-2/h3-4,6,9-11,14H,5,7-8H2,1-2H3. The fourth-order valence-corrected chi connectivity index (χ4v) is 3.58. The Bertz CT molecular complexity index is 544. The predicted octanol–water partition coefficient (Wildman–Crippen LogP) is 2.48. The first-order valence-corrected chi connectivity index (χ1v) is 7.10. The molecule has 2 aliphatic carbocycles. The summed E-state index contributed by atoms with van der Waals surface area (Å²) in [6.45, 7) is 0. The molecule has 1 aromatic carbocycles. The quantitative estimate of drug-likeness (QED) is 0.795. The third-order valence-electron chi connectivity index (χ3n) is 4.69. The lowest BCUT2D eigenvalue weighted by Gasteiger charge is -2.20. The highest BCUT2D eigenvalue weighted by molar-refractivity contribution is 6.03. The summed E-state index contributed by atoms with van der Waals surface area (Å²) in [6, 6.07) is 7.10. The van der Waals surface area contributed by atoms with E-state index in [-0.39, 0.29) is 11.8 Å². The maximum atomic E-state index is 12.6. The van der Waals surface area contributed by atoms with Crippen molar-refractivity contribution >= 4 is 17.6 Å². The number of para-hydroxylation sites is 1. The number of nitrogens with zero attached hydrogens (tertiary/aromatic N) is 1. The van der Waals surface area contributed by atoms with Crippen molar-refractivity contribution in [3.8, 4) is 0 Å². The van der Waals surface area contributed by atoms with Crippen molar-refractivity contribution < 1.29 is 14.3 Å². The average molecular weight is 273 g/mol. The number of fused-ring (bicyclic) bond motifs is 1. The van der Waals surface area contributed by atoms with Crippen LogP contribution in [-0.4, -0.2) is 26.0 Å². The van der Waals surface area contributed by atoms with Crippen LogP contribution in [0.2, 0.25) is 0 Å². The topological polar surface area (TPSA) is 46.6 Å². The van der Waals surface area contributed by atoms with Gasteiger partial charge in [0.1, 0.15) is 0 Å². The molecular formula is C16H19NO3. The van der Waals surface area contributed by atoms with Crippen LogP contribution in [0, 0.1) is 17.8 Å². The Kier molecular flexibility index (Phi) is 3.24. The van der Waals surface area contributed by atoms with Gasteiger partial charge in [-0.05, 0) is 36.8 Å². The molecule has 1 aromatic rings. The minimum absolute atomic E-state index is 0.135. The number of benzene rings is 1. The van der Waals surface area contributed by atoms with Gasteiger partial charge in [0, 0.05) is 13.0 Å². The molecule has 0 heterocycles. The number of ether oxygens (including phenoxy) is 1. The SMILES string of the molecule is COC(=O)c1ccccc1N(C)C(=O)C1C2CCCC21. The fourth-order valence-electron chi connectivity index (χ4n) is 3.58. The van der Waals surface area contributed by atoms with Gasteiger partial charge in [0.15, 0.2) is 0 Å². The van der Waals surface area contributed by atoms with Crippen LogP contribution in [0.15, 0.2) is 24.3 Å². The van der Waals surface area contributed by atoms with Crippen LogP contribution in [0.4, 0.5) is 5.69 Å². The lowest BCUT2D eigenvalue weighted by atomic mass is 10.1. The molecule has 4 nitrogen and oxygen atoms in total. The van der Waals surface area contributed by atoms with Crippen LogP contribution >= 0.6 is 0 Å². The van der Waals surface area contributed by atoms with E-state index in [0.717, 1.165) is 0 Å². The Morgan fingerprint density at radius 3 is 2.50 bits per heavy atom. The Labute approximate surface area is 118 Å². The van der Waals surface area contributed by atoms with E-state index < -0.39 is 5.97 Å². The van der Waals surface area contributed by atoms with Crippen molar-refractivity contribution in [2.24, 2.45) is 17.8 Å². The predicted molar refractivity (Wildman–Crippen MR) is 75.5 cm³/mol. The fraction of sp³-hybridized carbons (Fsp3) is 0.500. The van der Waals surface area contributed by atoms with E-state index in [1.807, 2.05) is 6.07 Å². The van der Waals surface area contributed by atoms with Gasteiger partial charge in [0.2, 0.25) is 5.91 Å². The van der Waals surface area contributed by atoms with Gasteiger partial charge < -0.3 is 9.64 Å². The highest BCUT2D eigenvalue weighted by Gasteiger charge is 2.57. The first-order chi connectivity index (χ1) is 9.65. The largest absolute Gasteiger partial charge is 0.465 e. The van der Waals surface area contributed by atoms with Crippen molar-refractivity contribution in [3.05, 3.63) is 29.8 Å². The van der Waals surface area contributed by atoms with Gasteiger partial charge in [-0.3, -0.25) is 4.79 Å². The monoisotopic (exact) mass is 273 g/mol. The molecule has 2 fully saturated rings. The Morgan fingerprint density at radius 2 is 1.85 bits per heavy atom. The molecule has 2 unspecified atom stereocenters. The van der Waals surface area contributed by atoms with E-state index in [1.165, 1.54) is 26.4 Å². The molecule has 0 N–H and O–H groups in total. The van der Waals surface area contributed by atoms with Gasteiger partial charge in [-0.25, -0.2) is 4.79 Å². The smallest absolute Gasteiger partial charge is 0.339 e. The molecule has 0 bridgehead atoms. The molecule has 3 rings (SSSR count). The molecule has 0 aromatic heterocycles. The Balaban J connectivity index is 1.82. The number of carbonyl (C=O) groups excluding carboxylic acids is 2. The third-order valence-corrected chi connectivity index (χ3v) is 4.69. The maximum Gasteiger partial charge on any atom is 0.339 e. The van der Waals surface area contributed by atoms with E-state index in [9.17, 15) is 9.59 Å². The molecule has 4 heteroatoms. The van der Waals surface area contributed by atoms with Crippen LogP contribution in [0.1, 0.15) is 29.6 Å². The van der Waals surface area contributed by atoms with Crippen LogP contribution in [0.3, 0.4) is 0 Å². The van der Waals surface area contributed by atoms with Gasteiger partial charge in [-0.1, -0.05) is 18.6 Å². The van der Waals surface area contributed by atoms with Gasteiger partial charge in [0.05, 0.1) is 18.4 Å². The minimum atomic E-state index is -0.406. The molecule has 1 amide bonds. The molecule has 20 heavy (non-hydrogen) atoms. The number of esters is 1. The molecule has 2 aliphatic rings. The van der Waals surface area contributed by atoms with E-state index in [0.29, 0.717) is 23.1 Å². The highest BCUT2D eigenvalue weighted by atomic mass is 16.5. The van der Waals surface area contributed by atoms with Crippen LogP contribution < -0.4 is 4.90 Å². The molecule has 106 valence electrons. The zero-order chi connectivity index (χ0) is 14.3. The summed E-state index contributed by atoms with van der Waals surface area (Å²) in [7, 11) is 3.10. The average Bonchev–Trinajstić information content (AvgIpc) is 2.97. The Morgan fingerprint density at radius 1 is 1.20 bits per heavy atom. The van der Waals surface area contributed by atoms with E-state index in [4.69, 9.17) is 4.74 Å². The molecule has 2 atom stereocenters.